The number of nitrogens with one attached hydrogen (secondary N) is 1. The first-order chi connectivity index (χ1) is 13.6. The average molecular weight is 438 g/mol. The van der Waals surface area contributed by atoms with Crippen molar-refractivity contribution in [2.75, 3.05) is 18.4 Å². The van der Waals surface area contributed by atoms with E-state index in [1.165, 1.54) is 12.1 Å². The summed E-state index contributed by atoms with van der Waals surface area (Å²) in [7, 11) is -3.85. The maximum absolute atomic E-state index is 13.1. The Balaban J connectivity index is 2.14. The lowest BCUT2D eigenvalue weighted by molar-refractivity contribution is 0.100. The maximum atomic E-state index is 13.1. The third-order valence-electron chi connectivity index (χ3n) is 4.20. The van der Waals surface area contributed by atoms with Crippen molar-refractivity contribution < 1.29 is 17.9 Å². The van der Waals surface area contributed by atoms with E-state index in [2.05, 4.69) is 10.3 Å². The number of nitrogens with zero attached hydrogens (tertiary/aromatic N) is 1. The van der Waals surface area contributed by atoms with Crippen LogP contribution in [0.3, 0.4) is 0 Å². The van der Waals surface area contributed by atoms with Gasteiger partial charge in [0.1, 0.15) is 16.4 Å². The molecular formula is C18H20ClN5O4S. The summed E-state index contributed by atoms with van der Waals surface area (Å²) in [5.74, 6) is -1.17. The molecule has 0 unspecified atom stereocenters. The Hall–Kier alpha value is -2.82. The van der Waals surface area contributed by atoms with Gasteiger partial charge in [-0.05, 0) is 36.8 Å². The van der Waals surface area contributed by atoms with Crippen molar-refractivity contribution in [3.05, 3.63) is 46.0 Å². The molecule has 9 nitrogen and oxygen atoms in total. The normalized spacial score (nSPS) is 14.0. The number of amides is 1. The van der Waals surface area contributed by atoms with Gasteiger partial charge in [0.2, 0.25) is 0 Å². The SMILES string of the molecule is Cc1cc(C(=O)N=C(N)N)cc2c1Oc1c(Cl)cc(NCCN)cc1CS2(=O)=O. The summed E-state index contributed by atoms with van der Waals surface area (Å²) in [6.07, 6.45) is 0. The number of benzene rings is 2. The highest BCUT2D eigenvalue weighted by Crippen LogP contribution is 2.44. The molecule has 7 N–H and O–H groups in total. The number of ether oxygens (including phenoxy) is 1. The Morgan fingerprint density at radius 1 is 1.24 bits per heavy atom. The Morgan fingerprint density at radius 3 is 2.62 bits per heavy atom. The van der Waals surface area contributed by atoms with E-state index in [-0.39, 0.29) is 32.7 Å². The van der Waals surface area contributed by atoms with E-state index in [4.69, 9.17) is 33.5 Å². The summed E-state index contributed by atoms with van der Waals surface area (Å²) in [6.45, 7) is 2.52. The summed E-state index contributed by atoms with van der Waals surface area (Å²) in [6, 6.07) is 5.96. The zero-order chi connectivity index (χ0) is 21.3. The molecule has 11 heteroatoms. The second-order valence-corrected chi connectivity index (χ2v) is 8.85. The summed E-state index contributed by atoms with van der Waals surface area (Å²) < 4.78 is 32.1. The molecule has 0 spiro atoms. The predicted molar refractivity (Wildman–Crippen MR) is 111 cm³/mol. The van der Waals surface area contributed by atoms with Crippen molar-refractivity contribution in [1.82, 2.24) is 0 Å². The highest BCUT2D eigenvalue weighted by Gasteiger charge is 2.31. The van der Waals surface area contributed by atoms with Crippen LogP contribution in [0.25, 0.3) is 0 Å². The molecule has 1 aliphatic rings. The number of aryl methyl sites for hydroxylation is 1. The van der Waals surface area contributed by atoms with Crippen LogP contribution in [-0.4, -0.2) is 33.4 Å². The topological polar surface area (TPSA) is 163 Å². The summed E-state index contributed by atoms with van der Waals surface area (Å²) >= 11 is 6.36. The zero-order valence-corrected chi connectivity index (χ0v) is 17.1. The van der Waals surface area contributed by atoms with Crippen molar-refractivity contribution in [2.45, 2.75) is 17.6 Å². The van der Waals surface area contributed by atoms with E-state index in [1.807, 2.05) is 0 Å². The lowest BCUT2D eigenvalue weighted by Crippen LogP contribution is -2.24. The minimum Gasteiger partial charge on any atom is -0.454 e. The van der Waals surface area contributed by atoms with Crippen LogP contribution in [-0.2, 0) is 15.6 Å². The monoisotopic (exact) mass is 437 g/mol. The first-order valence-electron chi connectivity index (χ1n) is 8.58. The van der Waals surface area contributed by atoms with Crippen LogP contribution in [0.1, 0.15) is 21.5 Å². The third kappa shape index (κ3) is 4.29. The van der Waals surface area contributed by atoms with Crippen LogP contribution in [0, 0.1) is 6.92 Å². The molecule has 154 valence electrons. The summed E-state index contributed by atoms with van der Waals surface area (Å²) in [5, 5.41) is 3.32. The minimum absolute atomic E-state index is 0.0316. The number of fused-ring (bicyclic) bond motifs is 2. The van der Waals surface area contributed by atoms with Crippen molar-refractivity contribution in [3.63, 3.8) is 0 Å². The standard InChI is InChI=1S/C18H20ClN5O4S/c1-9-4-10(17(25)24-18(21)22)6-14-15(9)28-16-11(8-29(14,26)27)5-12(7-13(16)19)23-3-2-20/h4-7,23H,2-3,8,20H2,1H3,(H4,21,22,24,25). The van der Waals surface area contributed by atoms with E-state index in [0.29, 0.717) is 29.9 Å². The Labute approximate surface area is 172 Å². The number of hydrogen-bond donors (Lipinski definition) is 4. The molecule has 0 bridgehead atoms. The number of halogens is 1. The molecule has 2 aromatic rings. The molecule has 0 aliphatic carbocycles. The Kier molecular flexibility index (Phi) is 5.69. The number of carbonyl (C=O) groups excluding carboxylic acids is 1. The number of sulfone groups is 1. The molecule has 2 aromatic carbocycles. The lowest BCUT2D eigenvalue weighted by Gasteiger charge is -2.14. The first kappa shape index (κ1) is 20.9. The molecule has 1 amide bonds. The van der Waals surface area contributed by atoms with Gasteiger partial charge in [0.25, 0.3) is 5.91 Å². The van der Waals surface area contributed by atoms with Crippen LogP contribution in [0.4, 0.5) is 5.69 Å². The maximum Gasteiger partial charge on any atom is 0.280 e. The van der Waals surface area contributed by atoms with Crippen LogP contribution in [0.2, 0.25) is 5.02 Å². The highest BCUT2D eigenvalue weighted by molar-refractivity contribution is 7.90. The molecule has 0 aromatic heterocycles. The van der Waals surface area contributed by atoms with E-state index in [0.717, 1.165) is 0 Å². The number of rotatable bonds is 4. The number of hydrogen-bond acceptors (Lipinski definition) is 6. The molecule has 3 rings (SSSR count). The van der Waals surface area contributed by atoms with Gasteiger partial charge in [0.05, 0.1) is 10.8 Å². The fraction of sp³-hybridized carbons (Fsp3) is 0.222. The second-order valence-electron chi connectivity index (χ2n) is 6.49. The molecule has 0 radical (unpaired) electrons. The van der Waals surface area contributed by atoms with E-state index in [9.17, 15) is 13.2 Å². The lowest BCUT2D eigenvalue weighted by atomic mass is 10.1. The van der Waals surface area contributed by atoms with Gasteiger partial charge in [-0.25, -0.2) is 8.42 Å². The minimum atomic E-state index is -3.85. The molecule has 0 fully saturated rings. The smallest absolute Gasteiger partial charge is 0.280 e. The van der Waals surface area contributed by atoms with Gasteiger partial charge >= 0.3 is 0 Å². The average Bonchev–Trinajstić information content (AvgIpc) is 2.73. The van der Waals surface area contributed by atoms with Crippen LogP contribution >= 0.6 is 11.6 Å². The van der Waals surface area contributed by atoms with Gasteiger partial charge in [-0.2, -0.15) is 4.99 Å². The largest absolute Gasteiger partial charge is 0.454 e. The van der Waals surface area contributed by atoms with Gasteiger partial charge in [0, 0.05) is 29.9 Å². The number of carbonyl (C=O) groups is 1. The highest BCUT2D eigenvalue weighted by atomic mass is 35.5. The van der Waals surface area contributed by atoms with Gasteiger partial charge in [-0.3, -0.25) is 4.79 Å². The molecule has 1 aliphatic heterocycles. The van der Waals surface area contributed by atoms with Gasteiger partial charge in [-0.15, -0.1) is 0 Å². The fourth-order valence-corrected chi connectivity index (χ4v) is 4.83. The summed E-state index contributed by atoms with van der Waals surface area (Å²) in [5.41, 5.74) is 17.5. The van der Waals surface area contributed by atoms with E-state index in [1.54, 1.807) is 19.1 Å². The van der Waals surface area contributed by atoms with E-state index >= 15 is 0 Å². The van der Waals surface area contributed by atoms with Crippen molar-refractivity contribution in [1.29, 1.82) is 0 Å². The second kappa shape index (κ2) is 7.90. The summed E-state index contributed by atoms with van der Waals surface area (Å²) in [4.78, 5) is 15.5. The molecule has 29 heavy (non-hydrogen) atoms. The van der Waals surface area contributed by atoms with Crippen LogP contribution < -0.4 is 27.3 Å². The van der Waals surface area contributed by atoms with Crippen molar-refractivity contribution >= 4 is 39.0 Å². The third-order valence-corrected chi connectivity index (χ3v) is 6.14. The number of aliphatic imine (C=N–C) groups is 1. The molecule has 0 saturated heterocycles. The van der Waals surface area contributed by atoms with Gasteiger partial charge < -0.3 is 27.3 Å². The number of guanidine groups is 1. The van der Waals surface area contributed by atoms with Gasteiger partial charge in [0.15, 0.2) is 15.8 Å². The van der Waals surface area contributed by atoms with Crippen molar-refractivity contribution in [3.8, 4) is 11.5 Å². The molecular weight excluding hydrogens is 418 g/mol. The Morgan fingerprint density at radius 2 is 1.97 bits per heavy atom. The Bertz CT molecular complexity index is 1130. The quantitative estimate of drug-likeness (QED) is 0.413. The zero-order valence-electron chi connectivity index (χ0n) is 15.5. The van der Waals surface area contributed by atoms with Crippen molar-refractivity contribution in [2.24, 2.45) is 22.2 Å². The van der Waals surface area contributed by atoms with Crippen LogP contribution in [0.5, 0.6) is 11.5 Å². The van der Waals surface area contributed by atoms with E-state index < -0.39 is 21.7 Å². The molecule has 0 atom stereocenters. The first-order valence-corrected chi connectivity index (χ1v) is 10.6. The fourth-order valence-electron chi connectivity index (χ4n) is 2.98. The number of anilines is 1. The van der Waals surface area contributed by atoms with Crippen LogP contribution in [0.15, 0.2) is 34.2 Å². The number of nitrogens with two attached hydrogens (primary N) is 3. The van der Waals surface area contributed by atoms with Gasteiger partial charge in [-0.1, -0.05) is 11.6 Å². The molecule has 0 saturated carbocycles. The molecule has 1 heterocycles. The predicted octanol–water partition coefficient (Wildman–Crippen LogP) is 1.51.